The number of carbonyl (C=O) groups excluding carboxylic acids is 3. The molecule has 3 amide bonds. The molecule has 0 spiro atoms. The van der Waals surface area contributed by atoms with Crippen molar-refractivity contribution in [2.24, 2.45) is 7.05 Å². The average Bonchev–Trinajstić information content (AvgIpc) is 3.49. The van der Waals surface area contributed by atoms with E-state index in [0.29, 0.717) is 42.9 Å². The van der Waals surface area contributed by atoms with Gasteiger partial charge in [-0.2, -0.15) is 0 Å². The maximum absolute atomic E-state index is 14.9. The number of aromatic nitrogens is 1. The molecule has 2 aliphatic rings. The van der Waals surface area contributed by atoms with Crippen LogP contribution >= 0.6 is 0 Å². The number of phenols is 1. The van der Waals surface area contributed by atoms with E-state index in [-0.39, 0.29) is 42.2 Å². The topological polar surface area (TPSA) is 98.6 Å². The predicted octanol–water partition coefficient (Wildman–Crippen LogP) is 6.98. The first-order valence-electron chi connectivity index (χ1n) is 19.3. The van der Waals surface area contributed by atoms with Crippen LogP contribution in [0.5, 0.6) is 11.5 Å². The Morgan fingerprint density at radius 3 is 2.25 bits per heavy atom. The number of aromatic hydroxyl groups is 1. The molecule has 290 valence electrons. The van der Waals surface area contributed by atoms with Crippen LogP contribution in [0.15, 0.2) is 91.0 Å². The van der Waals surface area contributed by atoms with Crippen LogP contribution in [-0.4, -0.2) is 82.1 Å². The molecule has 0 aliphatic carbocycles. The molecular formula is C46H51N5O5. The highest BCUT2D eigenvalue weighted by atomic mass is 16.5. The van der Waals surface area contributed by atoms with E-state index in [1.54, 1.807) is 36.2 Å². The summed E-state index contributed by atoms with van der Waals surface area (Å²) >= 11 is 0. The van der Waals surface area contributed by atoms with Crippen molar-refractivity contribution < 1.29 is 24.2 Å². The summed E-state index contributed by atoms with van der Waals surface area (Å²) in [6.07, 6.45) is 1.60. The van der Waals surface area contributed by atoms with E-state index >= 15 is 0 Å². The van der Waals surface area contributed by atoms with Gasteiger partial charge >= 0.3 is 0 Å². The molecule has 1 aromatic heterocycles. The SMILES string of the molecule is Cc1c(C(=O)N(C)c2ccc(O)cc2)cc(-c2cc3c(cc2C(=O)N2Cc4ccccc4C[C@H]2C)CN(C(=O)Cc2ccc(OC(C)N(C)C)cc2)CC3)n1C. The Bertz CT molecular complexity index is 2280. The van der Waals surface area contributed by atoms with E-state index in [0.717, 1.165) is 51.4 Å². The molecule has 1 unspecified atom stereocenters. The van der Waals surface area contributed by atoms with Gasteiger partial charge in [0.2, 0.25) is 5.91 Å². The van der Waals surface area contributed by atoms with Gasteiger partial charge in [-0.1, -0.05) is 36.4 Å². The van der Waals surface area contributed by atoms with Gasteiger partial charge in [-0.15, -0.1) is 0 Å². The van der Waals surface area contributed by atoms with E-state index in [1.165, 1.54) is 5.56 Å². The zero-order valence-electron chi connectivity index (χ0n) is 33.4. The molecule has 3 heterocycles. The Balaban J connectivity index is 1.21. The second kappa shape index (κ2) is 15.7. The van der Waals surface area contributed by atoms with Crippen molar-refractivity contribution in [3.8, 4) is 22.8 Å². The fraction of sp³-hybridized carbons (Fsp3) is 0.326. The lowest BCUT2D eigenvalue weighted by Gasteiger charge is -2.36. The number of fused-ring (bicyclic) bond motifs is 2. The van der Waals surface area contributed by atoms with E-state index in [9.17, 15) is 19.5 Å². The van der Waals surface area contributed by atoms with Crippen LogP contribution in [0.2, 0.25) is 0 Å². The number of amides is 3. The van der Waals surface area contributed by atoms with Crippen LogP contribution < -0.4 is 9.64 Å². The van der Waals surface area contributed by atoms with Crippen molar-refractivity contribution >= 4 is 23.4 Å². The number of nitrogens with zero attached hydrogens (tertiary/aromatic N) is 5. The first kappa shape index (κ1) is 38.4. The number of ether oxygens (including phenoxy) is 1. The first-order valence-corrected chi connectivity index (χ1v) is 19.3. The molecule has 4 aromatic carbocycles. The molecule has 10 nitrogen and oxygen atoms in total. The van der Waals surface area contributed by atoms with Crippen LogP contribution in [-0.2, 0) is 44.2 Å². The highest BCUT2D eigenvalue weighted by molar-refractivity contribution is 6.08. The molecule has 0 bridgehead atoms. The maximum atomic E-state index is 14.9. The molecule has 10 heteroatoms. The minimum absolute atomic E-state index is 0.0199. The van der Waals surface area contributed by atoms with Crippen molar-refractivity contribution in [1.29, 1.82) is 0 Å². The summed E-state index contributed by atoms with van der Waals surface area (Å²) in [7, 11) is 7.57. The van der Waals surface area contributed by atoms with Gasteiger partial charge in [0.05, 0.1) is 12.0 Å². The van der Waals surface area contributed by atoms with Crippen molar-refractivity contribution in [1.82, 2.24) is 19.3 Å². The molecule has 0 saturated heterocycles. The second-order valence-corrected chi connectivity index (χ2v) is 15.5. The van der Waals surface area contributed by atoms with Crippen LogP contribution in [0.4, 0.5) is 5.69 Å². The average molecular weight is 754 g/mol. The highest BCUT2D eigenvalue weighted by Gasteiger charge is 2.32. The van der Waals surface area contributed by atoms with Gasteiger partial charge in [0, 0.05) is 68.0 Å². The van der Waals surface area contributed by atoms with Gasteiger partial charge in [-0.3, -0.25) is 19.3 Å². The van der Waals surface area contributed by atoms with Crippen molar-refractivity contribution in [2.75, 3.05) is 32.6 Å². The van der Waals surface area contributed by atoms with E-state index in [2.05, 4.69) is 25.1 Å². The normalized spacial score (nSPS) is 15.6. The van der Waals surface area contributed by atoms with Gasteiger partial charge in [-0.05, 0) is 130 Å². The highest BCUT2D eigenvalue weighted by Crippen LogP contribution is 2.36. The molecule has 5 aromatic rings. The summed E-state index contributed by atoms with van der Waals surface area (Å²) in [5.41, 5.74) is 9.40. The van der Waals surface area contributed by atoms with Crippen LogP contribution in [0, 0.1) is 6.92 Å². The first-order chi connectivity index (χ1) is 26.8. The number of carbonyl (C=O) groups is 3. The summed E-state index contributed by atoms with van der Waals surface area (Å²) in [5, 5.41) is 9.80. The fourth-order valence-electron chi connectivity index (χ4n) is 7.74. The third kappa shape index (κ3) is 7.66. The Kier molecular flexibility index (Phi) is 10.8. The van der Waals surface area contributed by atoms with Crippen LogP contribution in [0.3, 0.4) is 0 Å². The Hall–Kier alpha value is -5.87. The molecule has 56 heavy (non-hydrogen) atoms. The number of hydrogen-bond acceptors (Lipinski definition) is 6. The van der Waals surface area contributed by atoms with Gasteiger partial charge in [-0.25, -0.2) is 0 Å². The molecule has 2 atom stereocenters. The second-order valence-electron chi connectivity index (χ2n) is 15.5. The minimum Gasteiger partial charge on any atom is -0.508 e. The zero-order chi connectivity index (χ0) is 39.8. The van der Waals surface area contributed by atoms with Crippen molar-refractivity contribution in [3.63, 3.8) is 0 Å². The third-order valence-corrected chi connectivity index (χ3v) is 11.6. The number of hydrogen-bond donors (Lipinski definition) is 1. The van der Waals surface area contributed by atoms with Crippen molar-refractivity contribution in [3.05, 3.63) is 136 Å². The van der Waals surface area contributed by atoms with Gasteiger partial charge in [0.1, 0.15) is 17.7 Å². The fourth-order valence-corrected chi connectivity index (χ4v) is 7.74. The Morgan fingerprint density at radius 1 is 0.857 bits per heavy atom. The molecule has 0 fully saturated rings. The quantitative estimate of drug-likeness (QED) is 0.163. The molecule has 0 radical (unpaired) electrons. The molecule has 0 saturated carbocycles. The zero-order valence-corrected chi connectivity index (χ0v) is 33.4. The van der Waals surface area contributed by atoms with Crippen molar-refractivity contribution in [2.45, 2.75) is 65.4 Å². The maximum Gasteiger partial charge on any atom is 0.259 e. The summed E-state index contributed by atoms with van der Waals surface area (Å²) in [4.78, 5) is 49.9. The van der Waals surface area contributed by atoms with E-state index in [1.807, 2.05) is 103 Å². The lowest BCUT2D eigenvalue weighted by Crippen LogP contribution is -2.43. The number of rotatable bonds is 9. The summed E-state index contributed by atoms with van der Waals surface area (Å²) < 4.78 is 7.95. The number of anilines is 1. The summed E-state index contributed by atoms with van der Waals surface area (Å²) in [6.45, 7) is 7.46. The van der Waals surface area contributed by atoms with Crippen LogP contribution in [0.25, 0.3) is 11.3 Å². The van der Waals surface area contributed by atoms with Gasteiger partial charge in [0.15, 0.2) is 0 Å². The predicted molar refractivity (Wildman–Crippen MR) is 219 cm³/mol. The van der Waals surface area contributed by atoms with E-state index in [4.69, 9.17) is 4.74 Å². The Morgan fingerprint density at radius 2 is 1.55 bits per heavy atom. The lowest BCUT2D eigenvalue weighted by molar-refractivity contribution is -0.131. The summed E-state index contributed by atoms with van der Waals surface area (Å²) in [5.74, 6) is 0.641. The molecule has 1 N–H and O–H groups in total. The van der Waals surface area contributed by atoms with Gasteiger partial charge in [0.25, 0.3) is 11.8 Å². The largest absolute Gasteiger partial charge is 0.508 e. The standard InChI is InChI=1S/C46H51N5O5/c1-29-22-33-10-8-9-11-35(33)28-51(29)46(55)42-25-36-27-50(44(53)23-32-12-18-39(19-13-32)56-31(3)47(4)5)21-20-34(36)24-41(42)43-26-40(30(2)48(43)6)45(54)49(7)37-14-16-38(52)17-15-37/h8-19,24-26,29,31,52H,20-23,27-28H2,1-7H3/t29-,31?/m1/s1. The van der Waals surface area contributed by atoms with E-state index < -0.39 is 0 Å². The molecular weight excluding hydrogens is 703 g/mol. The summed E-state index contributed by atoms with van der Waals surface area (Å²) in [6, 6.07) is 28.5. The minimum atomic E-state index is -0.193. The number of benzene rings is 4. The molecule has 2 aliphatic heterocycles. The lowest BCUT2D eigenvalue weighted by atomic mass is 9.89. The smallest absolute Gasteiger partial charge is 0.259 e. The number of phenolic OH excluding ortho intramolecular Hbond substituents is 1. The molecule has 7 rings (SSSR count). The van der Waals surface area contributed by atoms with Crippen LogP contribution in [0.1, 0.15) is 68.1 Å². The third-order valence-electron chi connectivity index (χ3n) is 11.6. The monoisotopic (exact) mass is 753 g/mol. The Labute approximate surface area is 329 Å². The van der Waals surface area contributed by atoms with Gasteiger partial charge < -0.3 is 29.1 Å².